The van der Waals surface area contributed by atoms with Crippen molar-refractivity contribution in [3.05, 3.63) is 47.5 Å². The van der Waals surface area contributed by atoms with Gasteiger partial charge in [0.15, 0.2) is 0 Å². The maximum atomic E-state index is 7.52. The van der Waals surface area contributed by atoms with Gasteiger partial charge in [0, 0.05) is 36.4 Å². The lowest BCUT2D eigenvalue weighted by molar-refractivity contribution is 0.370. The molecule has 0 unspecified atom stereocenters. The van der Waals surface area contributed by atoms with Gasteiger partial charge in [-0.05, 0) is 47.5 Å². The molecule has 7 N–H and O–H groups in total. The van der Waals surface area contributed by atoms with Crippen molar-refractivity contribution in [2.75, 3.05) is 23.8 Å². The van der Waals surface area contributed by atoms with E-state index in [0.717, 1.165) is 40.4 Å². The van der Waals surface area contributed by atoms with Gasteiger partial charge in [-0.1, -0.05) is 5.92 Å². The van der Waals surface area contributed by atoms with Gasteiger partial charge in [0.05, 0.1) is 5.84 Å². The van der Waals surface area contributed by atoms with Gasteiger partial charge in [-0.25, -0.2) is 11.1 Å². The highest BCUT2D eigenvalue weighted by molar-refractivity contribution is 5.80. The maximum absolute atomic E-state index is 7.52. The fourth-order valence-electron chi connectivity index (χ4n) is 3.00. The number of nitrogen functional groups attached to an aromatic ring is 1. The number of amidine groups is 1. The molecule has 0 spiro atoms. The number of nitrogens with one attached hydrogen (secondary N) is 3. The largest absolute Gasteiger partial charge is 0.481 e. The molecule has 1 heterocycles. The number of hydrogen-bond acceptors (Lipinski definition) is 6. The van der Waals surface area contributed by atoms with Crippen LogP contribution in [0.2, 0.25) is 0 Å². The zero-order valence-electron chi connectivity index (χ0n) is 14.4. The number of nitrogens with two attached hydrogens (primary N) is 2. The van der Waals surface area contributed by atoms with Crippen LogP contribution in [0.1, 0.15) is 17.5 Å². The number of nitrogens with zero attached hydrogens (tertiary/aromatic N) is 1. The van der Waals surface area contributed by atoms with Crippen LogP contribution in [0.25, 0.3) is 0 Å². The number of fused-ring (bicyclic) bond motifs is 2. The quantitative estimate of drug-likeness (QED) is 0.186. The molecule has 0 atom stereocenters. The van der Waals surface area contributed by atoms with Crippen molar-refractivity contribution in [3.8, 4) is 18.1 Å². The molecule has 1 aliphatic rings. The highest BCUT2D eigenvalue weighted by Crippen LogP contribution is 2.40. The van der Waals surface area contributed by atoms with Crippen molar-refractivity contribution in [3.63, 3.8) is 0 Å². The zero-order chi connectivity index (χ0) is 19.1. The number of hydrogen-bond donors (Lipinski definition) is 5. The molecule has 3 rings (SSSR count). The molecule has 0 saturated carbocycles. The van der Waals surface area contributed by atoms with Crippen LogP contribution in [0.5, 0.6) is 5.75 Å². The molecule has 0 saturated heterocycles. The lowest BCUT2D eigenvalue weighted by Crippen LogP contribution is -2.27. The van der Waals surface area contributed by atoms with Crippen LogP contribution in [0.3, 0.4) is 0 Å². The van der Waals surface area contributed by atoms with E-state index < -0.39 is 0 Å². The topological polar surface area (TPSA) is 136 Å². The van der Waals surface area contributed by atoms with Crippen molar-refractivity contribution in [1.29, 1.82) is 16.5 Å². The highest BCUT2D eigenvalue weighted by atomic mass is 16.5. The predicted octanol–water partition coefficient (Wildman–Crippen LogP) is 3.25. The first-order valence-electron chi connectivity index (χ1n) is 8.01. The van der Waals surface area contributed by atoms with E-state index in [1.165, 1.54) is 0 Å². The summed E-state index contributed by atoms with van der Waals surface area (Å²) in [4.78, 5) is 2.18. The molecule has 7 nitrogen and oxygen atoms in total. The van der Waals surface area contributed by atoms with E-state index in [4.69, 9.17) is 39.1 Å². The van der Waals surface area contributed by atoms with E-state index in [1.807, 2.05) is 36.4 Å². The number of ether oxygens (including phenoxy) is 1. The second kappa shape index (κ2) is 8.53. The van der Waals surface area contributed by atoms with Gasteiger partial charge in [-0.2, -0.15) is 0 Å². The molecule has 1 aliphatic heterocycles. The van der Waals surface area contributed by atoms with Crippen LogP contribution in [-0.4, -0.2) is 19.0 Å². The van der Waals surface area contributed by atoms with E-state index in [2.05, 4.69) is 10.8 Å². The Morgan fingerprint density at radius 3 is 2.46 bits per heavy atom. The van der Waals surface area contributed by atoms with Gasteiger partial charge in [0.25, 0.3) is 0 Å². The predicted molar refractivity (Wildman–Crippen MR) is 103 cm³/mol. The van der Waals surface area contributed by atoms with E-state index in [-0.39, 0.29) is 12.4 Å². The minimum Gasteiger partial charge on any atom is -0.481 e. The van der Waals surface area contributed by atoms with Gasteiger partial charge in [0.1, 0.15) is 12.4 Å². The van der Waals surface area contributed by atoms with Crippen molar-refractivity contribution < 1.29 is 4.74 Å². The fraction of sp³-hybridized carbons (Fsp3) is 0.211. The van der Waals surface area contributed by atoms with E-state index in [9.17, 15) is 0 Å². The third-order valence-corrected chi connectivity index (χ3v) is 4.04. The first-order valence-corrected chi connectivity index (χ1v) is 8.01. The Kier molecular flexibility index (Phi) is 6.17. The summed E-state index contributed by atoms with van der Waals surface area (Å²) >= 11 is 0. The van der Waals surface area contributed by atoms with Gasteiger partial charge in [-0.3, -0.25) is 5.41 Å². The molecule has 0 aliphatic carbocycles. The average molecular weight is 350 g/mol. The second-order valence-electron chi connectivity index (χ2n) is 5.78. The first-order chi connectivity index (χ1) is 12.6. The van der Waals surface area contributed by atoms with Crippen molar-refractivity contribution in [2.45, 2.75) is 12.8 Å². The Labute approximate surface area is 152 Å². The summed E-state index contributed by atoms with van der Waals surface area (Å²) in [5.74, 6) is 3.40. The van der Waals surface area contributed by atoms with Crippen molar-refractivity contribution in [2.24, 2.45) is 5.73 Å². The highest BCUT2D eigenvalue weighted by Gasteiger charge is 2.23. The minimum atomic E-state index is 0.174. The number of terminal acetylenes is 1. The molecular weight excluding hydrogens is 328 g/mol. The fourth-order valence-corrected chi connectivity index (χ4v) is 3.00. The van der Waals surface area contributed by atoms with Crippen LogP contribution in [-0.2, 0) is 6.42 Å². The van der Waals surface area contributed by atoms with E-state index >= 15 is 0 Å². The second-order valence-corrected chi connectivity index (χ2v) is 5.78. The van der Waals surface area contributed by atoms with Crippen molar-refractivity contribution >= 4 is 22.9 Å². The molecular formula is C19H22N6O. The molecule has 2 aromatic carbocycles. The van der Waals surface area contributed by atoms with E-state index in [1.54, 1.807) is 0 Å². The Morgan fingerprint density at radius 1 is 1.15 bits per heavy atom. The van der Waals surface area contributed by atoms with Gasteiger partial charge in [-0.15, -0.1) is 6.42 Å². The summed E-state index contributed by atoms with van der Waals surface area (Å²) in [6.45, 7) is 0.889. The smallest absolute Gasteiger partial charge is 0.148 e. The molecule has 7 heteroatoms. The Morgan fingerprint density at radius 2 is 1.81 bits per heavy atom. The molecule has 0 amide bonds. The Balaban J connectivity index is 0.00000117. The number of rotatable bonds is 5. The van der Waals surface area contributed by atoms with Crippen LogP contribution < -0.4 is 21.1 Å². The molecule has 26 heavy (non-hydrogen) atoms. The third kappa shape index (κ3) is 4.11. The standard InChI is InChI=1S/C19H20N4O.H2N2/c1-2-9-24-16-4-6-18-14(12-16)10-13-11-15(20)3-5-17(13)23(18)8-7-19(21)22;1-2/h1,3-6,11-12H,7-10,20H2,(H3,21,22);1-2H. The summed E-state index contributed by atoms with van der Waals surface area (Å²) in [6, 6.07) is 11.9. The molecule has 0 fully saturated rings. The summed E-state index contributed by atoms with van der Waals surface area (Å²) in [5, 5.41) is 7.52. The molecule has 0 radical (unpaired) electrons. The van der Waals surface area contributed by atoms with Crippen LogP contribution in [0.15, 0.2) is 36.4 Å². The van der Waals surface area contributed by atoms with Crippen LogP contribution >= 0.6 is 0 Å². The average Bonchev–Trinajstić information content (AvgIpc) is 2.64. The lowest BCUT2D eigenvalue weighted by Gasteiger charge is -2.33. The normalized spacial score (nSPS) is 11.3. The molecule has 134 valence electrons. The number of anilines is 3. The van der Waals surface area contributed by atoms with Gasteiger partial charge < -0.3 is 21.1 Å². The lowest BCUT2D eigenvalue weighted by atomic mass is 9.94. The van der Waals surface area contributed by atoms with E-state index in [0.29, 0.717) is 13.0 Å². The summed E-state index contributed by atoms with van der Waals surface area (Å²) < 4.78 is 5.53. The van der Waals surface area contributed by atoms with Crippen LogP contribution in [0, 0.1) is 28.8 Å². The monoisotopic (exact) mass is 350 g/mol. The summed E-state index contributed by atoms with van der Waals surface area (Å²) in [6.07, 6.45) is 6.53. The SMILES string of the molecule is C#CCOc1ccc2c(c1)Cc1cc(N)ccc1N2CCC(=N)N.N=N. The molecule has 2 aromatic rings. The Hall–Kier alpha value is -3.53. The minimum absolute atomic E-state index is 0.174. The van der Waals surface area contributed by atoms with Gasteiger partial charge >= 0.3 is 0 Å². The number of benzene rings is 2. The maximum Gasteiger partial charge on any atom is 0.148 e. The van der Waals surface area contributed by atoms with Gasteiger partial charge in [0.2, 0.25) is 0 Å². The zero-order valence-corrected chi connectivity index (χ0v) is 14.4. The molecule has 0 bridgehead atoms. The Bertz CT molecular complexity index is 842. The summed E-state index contributed by atoms with van der Waals surface area (Å²) in [5.41, 5.74) is 26.7. The summed E-state index contributed by atoms with van der Waals surface area (Å²) in [7, 11) is 0. The van der Waals surface area contributed by atoms with Crippen LogP contribution in [0.4, 0.5) is 17.1 Å². The first kappa shape index (κ1) is 18.8. The molecule has 0 aromatic heterocycles. The third-order valence-electron chi connectivity index (χ3n) is 4.04. The van der Waals surface area contributed by atoms with Crippen molar-refractivity contribution in [1.82, 2.24) is 0 Å².